The van der Waals surface area contributed by atoms with Gasteiger partial charge >= 0.3 is 5.97 Å². The van der Waals surface area contributed by atoms with Crippen LogP contribution in [0, 0.1) is 5.92 Å². The number of nitrogens with zero attached hydrogens (tertiary/aromatic N) is 5. The number of piperidine rings is 1. The van der Waals surface area contributed by atoms with E-state index in [2.05, 4.69) is 26.5 Å². The van der Waals surface area contributed by atoms with Crippen molar-refractivity contribution in [3.63, 3.8) is 0 Å². The molecule has 0 bridgehead atoms. The molecule has 8 heteroatoms. The van der Waals surface area contributed by atoms with Crippen LogP contribution in [0.25, 0.3) is 5.69 Å². The Morgan fingerprint density at radius 2 is 1.84 bits per heavy atom. The van der Waals surface area contributed by atoms with Crippen LogP contribution in [-0.4, -0.2) is 56.5 Å². The van der Waals surface area contributed by atoms with Crippen LogP contribution in [0.15, 0.2) is 48.8 Å². The summed E-state index contributed by atoms with van der Waals surface area (Å²) in [5, 5.41) is 11.2. The predicted octanol–water partition coefficient (Wildman–Crippen LogP) is 2.40. The molecule has 8 nitrogen and oxygen atoms in total. The maximum Gasteiger partial charge on any atom is 0.338 e. The number of hydrogen-bond donors (Lipinski definition) is 0. The summed E-state index contributed by atoms with van der Waals surface area (Å²) in [6.07, 6.45) is 4.78. The van der Waals surface area contributed by atoms with Crippen LogP contribution in [0.5, 0.6) is 0 Å². The van der Waals surface area contributed by atoms with E-state index in [-0.39, 0.29) is 11.9 Å². The minimum Gasteiger partial charge on any atom is -0.457 e. The van der Waals surface area contributed by atoms with Crippen molar-refractivity contribution in [3.05, 3.63) is 71.0 Å². The SMILES string of the molecule is O=C1OCc2cc(CCN3CCC(C(=O)Cc4ccc(-n5cnnn5)cc4)CC3)ccc21. The molecule has 2 aromatic carbocycles. The number of hydrogen-bond acceptors (Lipinski definition) is 7. The molecule has 1 saturated heterocycles. The molecule has 5 rings (SSSR count). The first kappa shape index (κ1) is 20.5. The fourth-order valence-electron chi connectivity index (χ4n) is 4.50. The number of aromatic nitrogens is 4. The van der Waals surface area contributed by atoms with Crippen LogP contribution < -0.4 is 0 Å². The van der Waals surface area contributed by atoms with Crippen LogP contribution in [0.1, 0.15) is 39.9 Å². The summed E-state index contributed by atoms with van der Waals surface area (Å²) in [6.45, 7) is 3.24. The molecule has 2 aliphatic heterocycles. The van der Waals surface area contributed by atoms with Gasteiger partial charge in [0, 0.05) is 24.4 Å². The minimum absolute atomic E-state index is 0.133. The van der Waals surface area contributed by atoms with E-state index in [1.54, 1.807) is 11.0 Å². The molecule has 32 heavy (non-hydrogen) atoms. The van der Waals surface area contributed by atoms with Gasteiger partial charge in [-0.05, 0) is 72.1 Å². The zero-order valence-corrected chi connectivity index (χ0v) is 17.8. The highest BCUT2D eigenvalue weighted by atomic mass is 16.5. The van der Waals surface area contributed by atoms with E-state index in [1.807, 2.05) is 36.4 Å². The topological polar surface area (TPSA) is 90.2 Å². The third-order valence-corrected chi connectivity index (χ3v) is 6.44. The van der Waals surface area contributed by atoms with Gasteiger partial charge in [0.1, 0.15) is 18.7 Å². The molecule has 2 aliphatic rings. The van der Waals surface area contributed by atoms with E-state index in [1.165, 1.54) is 5.56 Å². The Balaban J connectivity index is 1.08. The van der Waals surface area contributed by atoms with Gasteiger partial charge in [0.25, 0.3) is 0 Å². The second kappa shape index (κ2) is 9.00. The first-order chi connectivity index (χ1) is 15.7. The molecular formula is C24H25N5O3. The fraction of sp³-hybridized carbons (Fsp3) is 0.375. The van der Waals surface area contributed by atoms with Gasteiger partial charge in [-0.15, -0.1) is 5.10 Å². The number of rotatable bonds is 7. The first-order valence-corrected chi connectivity index (χ1v) is 11.0. The molecule has 3 aromatic rings. The lowest BCUT2D eigenvalue weighted by molar-refractivity contribution is -0.123. The smallest absolute Gasteiger partial charge is 0.338 e. The van der Waals surface area contributed by atoms with Crippen molar-refractivity contribution < 1.29 is 14.3 Å². The molecule has 3 heterocycles. The lowest BCUT2D eigenvalue weighted by Crippen LogP contribution is -2.37. The molecule has 0 spiro atoms. The van der Waals surface area contributed by atoms with Gasteiger partial charge in [0.15, 0.2) is 0 Å². The summed E-state index contributed by atoms with van der Waals surface area (Å²) >= 11 is 0. The van der Waals surface area contributed by atoms with Crippen molar-refractivity contribution in [3.8, 4) is 5.69 Å². The van der Waals surface area contributed by atoms with Crippen LogP contribution in [0.2, 0.25) is 0 Å². The van der Waals surface area contributed by atoms with Crippen LogP contribution >= 0.6 is 0 Å². The van der Waals surface area contributed by atoms with Crippen molar-refractivity contribution in [2.24, 2.45) is 5.92 Å². The summed E-state index contributed by atoms with van der Waals surface area (Å²) < 4.78 is 6.68. The number of tetrazole rings is 1. The number of carbonyl (C=O) groups excluding carboxylic acids is 2. The van der Waals surface area contributed by atoms with Crippen LogP contribution in [-0.2, 0) is 29.0 Å². The Kier molecular flexibility index (Phi) is 5.77. The monoisotopic (exact) mass is 431 g/mol. The van der Waals surface area contributed by atoms with Gasteiger partial charge in [0.05, 0.1) is 11.3 Å². The Labute approximate surface area is 186 Å². The molecule has 0 radical (unpaired) electrons. The van der Waals surface area contributed by atoms with Gasteiger partial charge in [-0.2, -0.15) is 0 Å². The maximum absolute atomic E-state index is 12.8. The largest absolute Gasteiger partial charge is 0.457 e. The number of Topliss-reactive ketones (excluding diaryl/α,β-unsaturated/α-hetero) is 1. The normalized spacial score (nSPS) is 16.7. The average molecular weight is 431 g/mol. The zero-order chi connectivity index (χ0) is 21.9. The second-order valence-electron chi connectivity index (χ2n) is 8.50. The lowest BCUT2D eigenvalue weighted by Gasteiger charge is -2.31. The van der Waals surface area contributed by atoms with E-state index in [4.69, 9.17) is 4.74 Å². The van der Waals surface area contributed by atoms with E-state index in [0.717, 1.165) is 55.7 Å². The number of esters is 1. The van der Waals surface area contributed by atoms with Crippen LogP contribution in [0.4, 0.5) is 0 Å². The Hall–Kier alpha value is -3.39. The highest BCUT2D eigenvalue weighted by Crippen LogP contribution is 2.23. The minimum atomic E-state index is -0.221. The summed E-state index contributed by atoms with van der Waals surface area (Å²) in [5.74, 6) is 0.235. The van der Waals surface area contributed by atoms with Crippen molar-refractivity contribution in [1.29, 1.82) is 0 Å². The Morgan fingerprint density at radius 3 is 2.59 bits per heavy atom. The lowest BCUT2D eigenvalue weighted by atomic mass is 9.89. The Bertz CT molecular complexity index is 1100. The summed E-state index contributed by atoms with van der Waals surface area (Å²) in [4.78, 5) is 26.8. The molecule has 0 amide bonds. The van der Waals surface area contributed by atoms with Crippen molar-refractivity contribution in [1.82, 2.24) is 25.1 Å². The number of ketones is 1. The molecule has 164 valence electrons. The summed E-state index contributed by atoms with van der Waals surface area (Å²) in [6, 6.07) is 13.8. The van der Waals surface area contributed by atoms with Crippen molar-refractivity contribution >= 4 is 11.8 Å². The highest BCUT2D eigenvalue weighted by molar-refractivity contribution is 5.93. The van der Waals surface area contributed by atoms with Crippen molar-refractivity contribution in [2.45, 2.75) is 32.3 Å². The van der Waals surface area contributed by atoms with E-state index >= 15 is 0 Å². The third-order valence-electron chi connectivity index (χ3n) is 6.44. The number of cyclic esters (lactones) is 1. The van der Waals surface area contributed by atoms with E-state index in [0.29, 0.717) is 24.4 Å². The standard InChI is InChI=1S/C24H25N5O3/c30-23(14-17-1-4-21(5-2-17)29-16-25-26-27-29)19-8-11-28(12-9-19)10-7-18-3-6-22-20(13-18)15-32-24(22)31/h1-6,13,16,19H,7-12,14-15H2. The highest BCUT2D eigenvalue weighted by Gasteiger charge is 2.25. The number of benzene rings is 2. The first-order valence-electron chi connectivity index (χ1n) is 11.0. The molecule has 0 aliphatic carbocycles. The Morgan fingerprint density at radius 1 is 1.06 bits per heavy atom. The van der Waals surface area contributed by atoms with Crippen LogP contribution in [0.3, 0.4) is 0 Å². The molecule has 0 saturated carbocycles. The molecule has 0 N–H and O–H groups in total. The van der Waals surface area contributed by atoms with Gasteiger partial charge in [0.2, 0.25) is 0 Å². The summed E-state index contributed by atoms with van der Waals surface area (Å²) in [5.41, 5.74) is 4.81. The van der Waals surface area contributed by atoms with Gasteiger partial charge in [-0.3, -0.25) is 4.79 Å². The van der Waals surface area contributed by atoms with Gasteiger partial charge in [-0.25, -0.2) is 9.48 Å². The average Bonchev–Trinajstić information content (AvgIpc) is 3.49. The number of ether oxygens (including phenoxy) is 1. The second-order valence-corrected chi connectivity index (χ2v) is 8.50. The van der Waals surface area contributed by atoms with Crippen molar-refractivity contribution in [2.75, 3.05) is 19.6 Å². The maximum atomic E-state index is 12.8. The fourth-order valence-corrected chi connectivity index (χ4v) is 4.50. The molecule has 1 fully saturated rings. The molecular weight excluding hydrogens is 406 g/mol. The predicted molar refractivity (Wildman–Crippen MR) is 116 cm³/mol. The zero-order valence-electron chi connectivity index (χ0n) is 17.8. The van der Waals surface area contributed by atoms with E-state index in [9.17, 15) is 9.59 Å². The number of likely N-dealkylation sites (tertiary alicyclic amines) is 1. The number of fused-ring (bicyclic) bond motifs is 1. The molecule has 0 atom stereocenters. The van der Waals surface area contributed by atoms with E-state index < -0.39 is 0 Å². The quantitative estimate of drug-likeness (QED) is 0.531. The third kappa shape index (κ3) is 4.45. The molecule has 1 aromatic heterocycles. The van der Waals surface area contributed by atoms with Gasteiger partial charge in [-0.1, -0.05) is 24.3 Å². The number of carbonyl (C=O) groups is 2. The molecule has 0 unspecified atom stereocenters. The summed E-state index contributed by atoms with van der Waals surface area (Å²) in [7, 11) is 0. The van der Waals surface area contributed by atoms with Gasteiger partial charge < -0.3 is 9.64 Å².